The van der Waals surface area contributed by atoms with E-state index in [0.717, 1.165) is 12.8 Å². The van der Waals surface area contributed by atoms with E-state index in [9.17, 15) is 14.4 Å². The lowest BCUT2D eigenvalue weighted by atomic mass is 10.1. The molecule has 1 heterocycles. The maximum absolute atomic E-state index is 11.7. The van der Waals surface area contributed by atoms with Gasteiger partial charge in [-0.05, 0) is 18.4 Å². The van der Waals surface area contributed by atoms with Crippen LogP contribution in [0.15, 0.2) is 39.9 Å². The number of carbonyl (C=O) groups excluding carboxylic acids is 1. The molecule has 0 radical (unpaired) electrons. The zero-order chi connectivity index (χ0) is 14.4. The Morgan fingerprint density at radius 1 is 1.20 bits per heavy atom. The van der Waals surface area contributed by atoms with Gasteiger partial charge in [0.05, 0.1) is 0 Å². The number of aromatic nitrogens is 3. The zero-order valence-electron chi connectivity index (χ0n) is 10.7. The summed E-state index contributed by atoms with van der Waals surface area (Å²) in [6.07, 6.45) is 1.58. The van der Waals surface area contributed by atoms with E-state index in [0.29, 0.717) is 6.54 Å². The zero-order valence-corrected chi connectivity index (χ0v) is 10.7. The molecule has 0 bridgehead atoms. The van der Waals surface area contributed by atoms with Gasteiger partial charge in [-0.25, -0.2) is 9.89 Å². The molecule has 0 unspecified atom stereocenters. The number of aromatic amines is 2. The highest BCUT2D eigenvalue weighted by molar-refractivity contribution is 5.91. The molecule has 0 aliphatic carbocycles. The van der Waals surface area contributed by atoms with Crippen molar-refractivity contribution in [3.05, 3.63) is 62.4 Å². The Balaban J connectivity index is 1.84. The Labute approximate surface area is 114 Å². The van der Waals surface area contributed by atoms with Gasteiger partial charge in [0.25, 0.3) is 11.5 Å². The molecule has 1 aromatic carbocycles. The predicted molar refractivity (Wildman–Crippen MR) is 72.6 cm³/mol. The van der Waals surface area contributed by atoms with Crippen LogP contribution >= 0.6 is 0 Å². The van der Waals surface area contributed by atoms with Crippen LogP contribution in [0, 0.1) is 0 Å². The van der Waals surface area contributed by atoms with Crippen molar-refractivity contribution in [1.82, 2.24) is 20.5 Å². The van der Waals surface area contributed by atoms with Crippen molar-refractivity contribution >= 4 is 5.91 Å². The van der Waals surface area contributed by atoms with Crippen molar-refractivity contribution in [3.8, 4) is 0 Å². The van der Waals surface area contributed by atoms with Gasteiger partial charge >= 0.3 is 5.69 Å². The molecule has 0 aliphatic heterocycles. The molecule has 0 atom stereocenters. The van der Waals surface area contributed by atoms with E-state index in [1.165, 1.54) is 5.56 Å². The fourth-order valence-corrected chi connectivity index (χ4v) is 1.72. The molecule has 1 amide bonds. The Morgan fingerprint density at radius 3 is 2.65 bits per heavy atom. The van der Waals surface area contributed by atoms with Gasteiger partial charge in [-0.15, -0.1) is 0 Å². The molecule has 20 heavy (non-hydrogen) atoms. The summed E-state index contributed by atoms with van der Waals surface area (Å²) in [5.41, 5.74) is -0.698. The van der Waals surface area contributed by atoms with E-state index < -0.39 is 17.2 Å². The molecular weight excluding hydrogens is 260 g/mol. The van der Waals surface area contributed by atoms with Crippen molar-refractivity contribution in [2.24, 2.45) is 0 Å². The van der Waals surface area contributed by atoms with E-state index in [4.69, 9.17) is 0 Å². The Bertz CT molecular complexity index is 691. The molecule has 0 aliphatic rings. The first-order chi connectivity index (χ1) is 9.66. The number of H-pyrrole nitrogens is 2. The molecule has 1 aromatic heterocycles. The molecule has 2 rings (SSSR count). The lowest BCUT2D eigenvalue weighted by molar-refractivity contribution is 0.0945. The standard InChI is InChI=1S/C13H14N4O3/c18-11(10-12(19)15-13(20)17-16-10)14-8-4-7-9-5-2-1-3-6-9/h1-3,5-6H,4,7-8H2,(H,14,18)(H2,15,17,19,20). The molecule has 0 spiro atoms. The number of carbonyl (C=O) groups is 1. The third kappa shape index (κ3) is 3.64. The molecule has 2 aromatic rings. The van der Waals surface area contributed by atoms with Gasteiger partial charge in [-0.1, -0.05) is 30.3 Å². The van der Waals surface area contributed by atoms with Gasteiger partial charge in [0.1, 0.15) is 0 Å². The number of rotatable bonds is 5. The third-order valence-electron chi connectivity index (χ3n) is 2.70. The van der Waals surface area contributed by atoms with Gasteiger partial charge < -0.3 is 5.32 Å². The van der Waals surface area contributed by atoms with Crippen LogP contribution in [0.3, 0.4) is 0 Å². The van der Waals surface area contributed by atoms with Crippen LogP contribution in [0.4, 0.5) is 0 Å². The summed E-state index contributed by atoms with van der Waals surface area (Å²) < 4.78 is 0. The average molecular weight is 274 g/mol. The summed E-state index contributed by atoms with van der Waals surface area (Å²) in [4.78, 5) is 35.7. The molecular formula is C13H14N4O3. The molecule has 3 N–H and O–H groups in total. The average Bonchev–Trinajstić information content (AvgIpc) is 2.44. The van der Waals surface area contributed by atoms with E-state index in [1.807, 2.05) is 40.4 Å². The number of amides is 1. The van der Waals surface area contributed by atoms with Crippen molar-refractivity contribution in [2.45, 2.75) is 12.8 Å². The minimum Gasteiger partial charge on any atom is -0.350 e. The molecule has 0 saturated carbocycles. The summed E-state index contributed by atoms with van der Waals surface area (Å²) in [5, 5.41) is 8.02. The van der Waals surface area contributed by atoms with Gasteiger partial charge in [0.2, 0.25) is 5.69 Å². The van der Waals surface area contributed by atoms with E-state index >= 15 is 0 Å². The SMILES string of the molecule is O=C(NCCCc1ccccc1)c1n[nH]c(=O)[nH]c1=O. The van der Waals surface area contributed by atoms with Crippen LogP contribution in [0.25, 0.3) is 0 Å². The predicted octanol–water partition coefficient (Wildman–Crippen LogP) is -0.179. The normalized spacial score (nSPS) is 10.2. The highest BCUT2D eigenvalue weighted by Crippen LogP contribution is 2.01. The van der Waals surface area contributed by atoms with Crippen molar-refractivity contribution in [3.63, 3.8) is 0 Å². The highest BCUT2D eigenvalue weighted by atomic mass is 16.2. The van der Waals surface area contributed by atoms with Gasteiger partial charge in [-0.2, -0.15) is 5.10 Å². The first-order valence-electron chi connectivity index (χ1n) is 6.18. The van der Waals surface area contributed by atoms with Crippen LogP contribution in [-0.4, -0.2) is 27.6 Å². The van der Waals surface area contributed by atoms with Crippen LogP contribution in [0.1, 0.15) is 22.5 Å². The minimum absolute atomic E-state index is 0.343. The van der Waals surface area contributed by atoms with E-state index in [-0.39, 0.29) is 5.69 Å². The topological polar surface area (TPSA) is 108 Å². The number of aryl methyl sites for hydroxylation is 1. The van der Waals surface area contributed by atoms with Crippen LogP contribution in [0.2, 0.25) is 0 Å². The van der Waals surface area contributed by atoms with Crippen molar-refractivity contribution < 1.29 is 4.79 Å². The number of hydrogen-bond donors (Lipinski definition) is 3. The first-order valence-corrected chi connectivity index (χ1v) is 6.18. The fourth-order valence-electron chi connectivity index (χ4n) is 1.72. The Morgan fingerprint density at radius 2 is 1.95 bits per heavy atom. The lowest BCUT2D eigenvalue weighted by Gasteiger charge is -2.04. The summed E-state index contributed by atoms with van der Waals surface area (Å²) in [5.74, 6) is -0.601. The largest absolute Gasteiger partial charge is 0.350 e. The first kappa shape index (κ1) is 13.7. The third-order valence-corrected chi connectivity index (χ3v) is 2.70. The van der Waals surface area contributed by atoms with Gasteiger partial charge in [0.15, 0.2) is 0 Å². The lowest BCUT2D eigenvalue weighted by Crippen LogP contribution is -2.36. The Hall–Kier alpha value is -2.70. The summed E-state index contributed by atoms with van der Waals surface area (Å²) in [7, 11) is 0. The number of benzene rings is 1. The highest BCUT2D eigenvalue weighted by Gasteiger charge is 2.11. The second kappa shape index (κ2) is 6.46. The quantitative estimate of drug-likeness (QED) is 0.657. The number of nitrogens with zero attached hydrogens (tertiary/aromatic N) is 1. The van der Waals surface area contributed by atoms with Gasteiger partial charge in [0, 0.05) is 6.54 Å². The molecule has 7 nitrogen and oxygen atoms in total. The summed E-state index contributed by atoms with van der Waals surface area (Å²) in [6.45, 7) is 0.425. The maximum atomic E-state index is 11.7. The van der Waals surface area contributed by atoms with E-state index in [1.54, 1.807) is 0 Å². The summed E-state index contributed by atoms with van der Waals surface area (Å²) in [6, 6.07) is 9.88. The number of hydrogen-bond acceptors (Lipinski definition) is 4. The van der Waals surface area contributed by atoms with Crippen LogP contribution in [0.5, 0.6) is 0 Å². The number of nitrogens with one attached hydrogen (secondary N) is 3. The smallest absolute Gasteiger partial charge is 0.342 e. The molecule has 104 valence electrons. The second-order valence-corrected chi connectivity index (χ2v) is 4.20. The van der Waals surface area contributed by atoms with Crippen LogP contribution < -0.4 is 16.6 Å². The van der Waals surface area contributed by atoms with Gasteiger partial charge in [-0.3, -0.25) is 14.6 Å². The molecule has 0 saturated heterocycles. The monoisotopic (exact) mass is 274 g/mol. The van der Waals surface area contributed by atoms with Crippen molar-refractivity contribution in [1.29, 1.82) is 0 Å². The minimum atomic E-state index is -0.797. The maximum Gasteiger partial charge on any atom is 0.342 e. The fraction of sp³-hybridized carbons (Fsp3) is 0.231. The van der Waals surface area contributed by atoms with Crippen LogP contribution in [-0.2, 0) is 6.42 Å². The van der Waals surface area contributed by atoms with Crippen molar-refractivity contribution in [2.75, 3.05) is 6.54 Å². The second-order valence-electron chi connectivity index (χ2n) is 4.20. The van der Waals surface area contributed by atoms with E-state index in [2.05, 4.69) is 10.4 Å². The molecule has 0 fully saturated rings. The molecule has 7 heteroatoms. The Kier molecular flexibility index (Phi) is 4.43. The summed E-state index contributed by atoms with van der Waals surface area (Å²) >= 11 is 0.